The van der Waals surface area contributed by atoms with E-state index in [0.29, 0.717) is 0 Å². The molecule has 1 aromatic carbocycles. The number of hydrogen-bond donors (Lipinski definition) is 1. The zero-order valence-corrected chi connectivity index (χ0v) is 12.2. The number of H-pyrrole nitrogens is 1. The van der Waals surface area contributed by atoms with Crippen molar-refractivity contribution in [3.8, 4) is 0 Å². The van der Waals surface area contributed by atoms with Crippen LogP contribution in [0.4, 0.5) is 0 Å². The predicted octanol–water partition coefficient (Wildman–Crippen LogP) is 1.54. The maximum atomic E-state index is 12.1. The van der Waals surface area contributed by atoms with Crippen LogP contribution in [0.3, 0.4) is 0 Å². The SMILES string of the molecule is COC(=O)c1c[nH]c(=O)c(Cc2ccccc2)c1C(=O)OC. The van der Waals surface area contributed by atoms with Crippen LogP contribution in [0.2, 0.25) is 0 Å². The molecule has 0 atom stereocenters. The van der Waals surface area contributed by atoms with Crippen molar-refractivity contribution in [1.29, 1.82) is 0 Å². The van der Waals surface area contributed by atoms with Gasteiger partial charge in [0.25, 0.3) is 5.56 Å². The summed E-state index contributed by atoms with van der Waals surface area (Å²) in [6.45, 7) is 0. The number of rotatable bonds is 4. The number of methoxy groups -OCH3 is 2. The first-order valence-corrected chi connectivity index (χ1v) is 6.53. The van der Waals surface area contributed by atoms with E-state index >= 15 is 0 Å². The Labute approximate surface area is 126 Å². The fourth-order valence-corrected chi connectivity index (χ4v) is 2.15. The molecule has 0 saturated carbocycles. The Bertz CT molecular complexity index is 749. The first-order chi connectivity index (χ1) is 10.6. The molecule has 1 aromatic heterocycles. The smallest absolute Gasteiger partial charge is 0.340 e. The number of aromatic amines is 1. The van der Waals surface area contributed by atoms with Crippen LogP contribution in [0.5, 0.6) is 0 Å². The van der Waals surface area contributed by atoms with Crippen molar-refractivity contribution in [2.75, 3.05) is 14.2 Å². The summed E-state index contributed by atoms with van der Waals surface area (Å²) >= 11 is 0. The van der Waals surface area contributed by atoms with Crippen molar-refractivity contribution < 1.29 is 19.1 Å². The third kappa shape index (κ3) is 3.06. The van der Waals surface area contributed by atoms with Gasteiger partial charge in [-0.3, -0.25) is 4.79 Å². The molecule has 0 spiro atoms. The highest BCUT2D eigenvalue weighted by Gasteiger charge is 2.24. The molecule has 0 aliphatic heterocycles. The van der Waals surface area contributed by atoms with Gasteiger partial charge in [0, 0.05) is 18.2 Å². The molecule has 6 nitrogen and oxygen atoms in total. The fraction of sp³-hybridized carbons (Fsp3) is 0.188. The minimum absolute atomic E-state index is 0.0279. The standard InChI is InChI=1S/C16H15NO5/c1-21-15(19)12-9-17-14(18)11(13(12)16(20)22-2)8-10-6-4-3-5-7-10/h3-7,9H,8H2,1-2H3,(H,17,18). The summed E-state index contributed by atoms with van der Waals surface area (Å²) in [6.07, 6.45) is 1.36. The minimum atomic E-state index is -0.752. The Balaban J connectivity index is 2.62. The molecular weight excluding hydrogens is 286 g/mol. The molecule has 2 rings (SSSR count). The van der Waals surface area contributed by atoms with Gasteiger partial charge in [0.1, 0.15) is 0 Å². The first kappa shape index (κ1) is 15.5. The average Bonchev–Trinajstić information content (AvgIpc) is 2.56. The quantitative estimate of drug-likeness (QED) is 0.866. The van der Waals surface area contributed by atoms with Crippen molar-refractivity contribution in [3.05, 3.63) is 69.1 Å². The molecule has 114 valence electrons. The Hall–Kier alpha value is -2.89. The van der Waals surface area contributed by atoms with Crippen LogP contribution in [0.25, 0.3) is 0 Å². The molecule has 0 aliphatic rings. The van der Waals surface area contributed by atoms with E-state index in [0.717, 1.165) is 11.8 Å². The van der Waals surface area contributed by atoms with E-state index in [-0.39, 0.29) is 23.1 Å². The molecule has 0 amide bonds. The Morgan fingerprint density at radius 1 is 1.05 bits per heavy atom. The molecule has 1 heterocycles. The maximum Gasteiger partial charge on any atom is 0.340 e. The number of ether oxygens (including phenoxy) is 2. The van der Waals surface area contributed by atoms with Crippen LogP contribution in [0, 0.1) is 0 Å². The minimum Gasteiger partial charge on any atom is -0.465 e. The van der Waals surface area contributed by atoms with Crippen LogP contribution in [0.1, 0.15) is 31.8 Å². The summed E-state index contributed by atoms with van der Waals surface area (Å²) in [5.41, 5.74) is 0.458. The van der Waals surface area contributed by atoms with Crippen molar-refractivity contribution in [3.63, 3.8) is 0 Å². The highest BCUT2D eigenvalue weighted by molar-refractivity contribution is 6.03. The van der Waals surface area contributed by atoms with Crippen molar-refractivity contribution >= 4 is 11.9 Å². The second-order valence-corrected chi connectivity index (χ2v) is 4.53. The second kappa shape index (κ2) is 6.71. The molecule has 0 fully saturated rings. The zero-order valence-electron chi connectivity index (χ0n) is 12.2. The van der Waals surface area contributed by atoms with Gasteiger partial charge in [0.2, 0.25) is 0 Å². The van der Waals surface area contributed by atoms with Gasteiger partial charge in [0.05, 0.1) is 25.3 Å². The first-order valence-electron chi connectivity index (χ1n) is 6.53. The second-order valence-electron chi connectivity index (χ2n) is 4.53. The lowest BCUT2D eigenvalue weighted by atomic mass is 9.98. The van der Waals surface area contributed by atoms with Crippen LogP contribution >= 0.6 is 0 Å². The lowest BCUT2D eigenvalue weighted by Crippen LogP contribution is -2.24. The number of carbonyl (C=O) groups is 2. The van der Waals surface area contributed by atoms with Crippen LogP contribution in [-0.4, -0.2) is 31.1 Å². The molecule has 22 heavy (non-hydrogen) atoms. The van der Waals surface area contributed by atoms with Crippen LogP contribution in [-0.2, 0) is 15.9 Å². The molecular formula is C16H15NO5. The van der Waals surface area contributed by atoms with Gasteiger partial charge in [-0.25, -0.2) is 9.59 Å². The lowest BCUT2D eigenvalue weighted by molar-refractivity contribution is 0.0553. The van der Waals surface area contributed by atoms with Gasteiger partial charge in [-0.15, -0.1) is 0 Å². The van der Waals surface area contributed by atoms with Crippen molar-refractivity contribution in [2.24, 2.45) is 0 Å². The summed E-state index contributed by atoms with van der Waals surface area (Å²) in [5, 5.41) is 0. The van der Waals surface area contributed by atoms with Crippen LogP contribution in [0.15, 0.2) is 41.3 Å². The monoisotopic (exact) mass is 301 g/mol. The summed E-state index contributed by atoms with van der Waals surface area (Å²) in [5.74, 6) is -1.47. The molecule has 0 radical (unpaired) electrons. The largest absolute Gasteiger partial charge is 0.465 e. The molecule has 0 unspecified atom stereocenters. The highest BCUT2D eigenvalue weighted by atomic mass is 16.5. The Kier molecular flexibility index (Phi) is 4.73. The van der Waals surface area contributed by atoms with E-state index in [9.17, 15) is 14.4 Å². The number of aromatic nitrogens is 1. The lowest BCUT2D eigenvalue weighted by Gasteiger charge is -2.11. The third-order valence-electron chi connectivity index (χ3n) is 3.21. The third-order valence-corrected chi connectivity index (χ3v) is 3.21. The molecule has 6 heteroatoms. The summed E-state index contributed by atoms with van der Waals surface area (Å²) in [6, 6.07) is 9.15. The number of hydrogen-bond acceptors (Lipinski definition) is 5. The molecule has 1 N–H and O–H groups in total. The number of pyridine rings is 1. The normalized spacial score (nSPS) is 10.1. The zero-order chi connectivity index (χ0) is 16.1. The molecule has 0 aliphatic carbocycles. The molecule has 0 saturated heterocycles. The number of nitrogens with one attached hydrogen (secondary N) is 1. The Morgan fingerprint density at radius 2 is 1.68 bits per heavy atom. The van der Waals surface area contributed by atoms with E-state index in [1.807, 2.05) is 30.3 Å². The summed E-state index contributed by atoms with van der Waals surface area (Å²) in [4.78, 5) is 38.4. The van der Waals surface area contributed by atoms with Gasteiger partial charge in [-0.2, -0.15) is 0 Å². The van der Waals surface area contributed by atoms with Gasteiger partial charge in [-0.05, 0) is 5.56 Å². The highest BCUT2D eigenvalue weighted by Crippen LogP contribution is 2.16. The fourth-order valence-electron chi connectivity index (χ4n) is 2.15. The molecule has 0 bridgehead atoms. The van der Waals surface area contributed by atoms with Crippen molar-refractivity contribution in [1.82, 2.24) is 4.98 Å². The van der Waals surface area contributed by atoms with E-state index in [4.69, 9.17) is 4.74 Å². The van der Waals surface area contributed by atoms with Gasteiger partial charge >= 0.3 is 11.9 Å². The Morgan fingerprint density at radius 3 is 2.27 bits per heavy atom. The summed E-state index contributed by atoms with van der Waals surface area (Å²) in [7, 11) is 2.39. The van der Waals surface area contributed by atoms with Crippen molar-refractivity contribution in [2.45, 2.75) is 6.42 Å². The van der Waals surface area contributed by atoms with E-state index in [1.54, 1.807) is 0 Å². The van der Waals surface area contributed by atoms with Crippen LogP contribution < -0.4 is 5.56 Å². The molecule has 2 aromatic rings. The number of benzene rings is 1. The summed E-state index contributed by atoms with van der Waals surface area (Å²) < 4.78 is 9.35. The average molecular weight is 301 g/mol. The van der Waals surface area contributed by atoms with Gasteiger partial charge in [-0.1, -0.05) is 30.3 Å². The maximum absolute atomic E-state index is 12.1. The van der Waals surface area contributed by atoms with E-state index in [1.165, 1.54) is 14.2 Å². The topological polar surface area (TPSA) is 85.5 Å². The van der Waals surface area contributed by atoms with E-state index < -0.39 is 17.5 Å². The predicted molar refractivity (Wildman–Crippen MR) is 79.0 cm³/mol. The van der Waals surface area contributed by atoms with Gasteiger partial charge in [0.15, 0.2) is 0 Å². The van der Waals surface area contributed by atoms with E-state index in [2.05, 4.69) is 9.72 Å². The van der Waals surface area contributed by atoms with Gasteiger partial charge < -0.3 is 14.5 Å². The number of carbonyl (C=O) groups excluding carboxylic acids is 2. The number of esters is 2.